The Balaban J connectivity index is 3.24. The highest BCUT2D eigenvalue weighted by Crippen LogP contribution is 2.30. The molecule has 0 saturated heterocycles. The topological polar surface area (TPSA) is 94.5 Å². The van der Waals surface area contributed by atoms with Crippen molar-refractivity contribution >= 4 is 11.5 Å². The molecule has 2 N–H and O–H groups in total. The molecule has 0 radical (unpaired) electrons. The Morgan fingerprint density at radius 3 is 2.62 bits per heavy atom. The van der Waals surface area contributed by atoms with E-state index in [0.717, 1.165) is 6.42 Å². The molecule has 0 aliphatic heterocycles. The van der Waals surface area contributed by atoms with Crippen molar-refractivity contribution < 1.29 is 9.66 Å². The van der Waals surface area contributed by atoms with Gasteiger partial charge in [0.15, 0.2) is 0 Å². The molecular weight excluding hydrogens is 272 g/mol. The first-order chi connectivity index (χ1) is 9.84. The van der Waals surface area contributed by atoms with Crippen molar-refractivity contribution in [2.75, 3.05) is 31.6 Å². The van der Waals surface area contributed by atoms with Gasteiger partial charge in [-0.25, -0.2) is 0 Å². The zero-order valence-corrected chi connectivity index (χ0v) is 13.1. The fraction of sp³-hybridized carbons (Fsp3) is 0.643. The quantitative estimate of drug-likeness (QED) is 0.583. The zero-order chi connectivity index (χ0) is 16.0. The maximum Gasteiger partial charge on any atom is 0.311 e. The molecule has 0 aromatic carbocycles. The van der Waals surface area contributed by atoms with Gasteiger partial charge in [-0.3, -0.25) is 10.1 Å². The van der Waals surface area contributed by atoms with Crippen molar-refractivity contribution in [1.29, 1.82) is 0 Å². The second-order valence-corrected chi connectivity index (χ2v) is 5.74. The molecule has 7 nitrogen and oxygen atoms in total. The van der Waals surface area contributed by atoms with Crippen LogP contribution in [0.15, 0.2) is 12.1 Å². The molecule has 0 aliphatic rings. The lowest BCUT2D eigenvalue weighted by Crippen LogP contribution is -2.40. The van der Waals surface area contributed by atoms with Gasteiger partial charge < -0.3 is 15.4 Å². The summed E-state index contributed by atoms with van der Waals surface area (Å²) in [5.74, 6) is 0.699. The molecule has 1 aromatic heterocycles. The van der Waals surface area contributed by atoms with Crippen molar-refractivity contribution in [2.45, 2.75) is 27.2 Å². The number of aromatic nitrogens is 1. The predicted molar refractivity (Wildman–Crippen MR) is 82.8 cm³/mol. The summed E-state index contributed by atoms with van der Waals surface area (Å²) in [6, 6.07) is 2.93. The van der Waals surface area contributed by atoms with E-state index in [4.69, 9.17) is 10.5 Å². The molecule has 1 aromatic rings. The van der Waals surface area contributed by atoms with Gasteiger partial charge in [0.25, 0.3) is 0 Å². The lowest BCUT2D eigenvalue weighted by atomic mass is 9.93. The Morgan fingerprint density at radius 1 is 1.48 bits per heavy atom. The highest BCUT2D eigenvalue weighted by molar-refractivity contribution is 5.59. The highest BCUT2D eigenvalue weighted by Gasteiger charge is 2.27. The van der Waals surface area contributed by atoms with Gasteiger partial charge in [0.05, 0.1) is 12.0 Å². The summed E-state index contributed by atoms with van der Waals surface area (Å²) in [6.45, 7) is 7.84. The fourth-order valence-corrected chi connectivity index (χ4v) is 2.02. The molecule has 0 unspecified atom stereocenters. The third kappa shape index (κ3) is 4.56. The SMILES string of the molecule is CCCN(CC(C)(C)CN)c1nc(OC)ccc1[N+](=O)[O-]. The molecular formula is C14H24N4O3. The molecule has 0 aliphatic carbocycles. The van der Waals surface area contributed by atoms with Crippen LogP contribution in [-0.2, 0) is 0 Å². The Kier molecular flexibility index (Phi) is 5.90. The molecule has 21 heavy (non-hydrogen) atoms. The first kappa shape index (κ1) is 17.2. The van der Waals surface area contributed by atoms with E-state index < -0.39 is 4.92 Å². The van der Waals surface area contributed by atoms with Crippen molar-refractivity contribution in [2.24, 2.45) is 11.1 Å². The van der Waals surface area contributed by atoms with Crippen LogP contribution < -0.4 is 15.4 Å². The van der Waals surface area contributed by atoms with Gasteiger partial charge in [-0.05, 0) is 18.4 Å². The molecule has 0 fully saturated rings. The maximum absolute atomic E-state index is 11.2. The van der Waals surface area contributed by atoms with Crippen LogP contribution in [0.1, 0.15) is 27.2 Å². The third-order valence-electron chi connectivity index (χ3n) is 3.20. The molecule has 118 valence electrons. The average Bonchev–Trinajstić information content (AvgIpc) is 2.45. The van der Waals surface area contributed by atoms with Gasteiger partial charge in [0.1, 0.15) is 0 Å². The Bertz CT molecular complexity index is 491. The Morgan fingerprint density at radius 2 is 2.14 bits per heavy atom. The van der Waals surface area contributed by atoms with E-state index in [2.05, 4.69) is 4.98 Å². The maximum atomic E-state index is 11.2. The number of nitro groups is 1. The minimum atomic E-state index is -0.417. The number of nitrogens with two attached hydrogens (primary N) is 1. The van der Waals surface area contributed by atoms with E-state index in [1.165, 1.54) is 19.2 Å². The average molecular weight is 296 g/mol. The third-order valence-corrected chi connectivity index (χ3v) is 3.20. The van der Waals surface area contributed by atoms with Crippen LogP contribution >= 0.6 is 0 Å². The standard InChI is InChI=1S/C14H24N4O3/c1-5-8-17(10-14(2,3)9-15)13-11(18(19)20)6-7-12(16-13)21-4/h6-7H,5,8-10,15H2,1-4H3. The van der Waals surface area contributed by atoms with E-state index in [1.54, 1.807) is 0 Å². The van der Waals surface area contributed by atoms with Gasteiger partial charge in [-0.2, -0.15) is 4.98 Å². The van der Waals surface area contributed by atoms with Gasteiger partial charge >= 0.3 is 5.69 Å². The number of methoxy groups -OCH3 is 1. The van der Waals surface area contributed by atoms with Crippen molar-refractivity contribution in [3.8, 4) is 5.88 Å². The van der Waals surface area contributed by atoms with Crippen LogP contribution in [0.2, 0.25) is 0 Å². The van der Waals surface area contributed by atoms with Gasteiger partial charge in [0, 0.05) is 25.2 Å². The van der Waals surface area contributed by atoms with E-state index in [-0.39, 0.29) is 11.1 Å². The van der Waals surface area contributed by atoms with E-state index in [0.29, 0.717) is 31.3 Å². The smallest absolute Gasteiger partial charge is 0.311 e. The summed E-state index contributed by atoms with van der Waals surface area (Å²) in [4.78, 5) is 17.0. The van der Waals surface area contributed by atoms with Crippen LogP contribution in [0, 0.1) is 15.5 Å². The number of anilines is 1. The molecule has 1 rings (SSSR count). The van der Waals surface area contributed by atoms with Gasteiger partial charge in [-0.1, -0.05) is 20.8 Å². The van der Waals surface area contributed by atoms with E-state index in [1.807, 2.05) is 25.7 Å². The molecule has 0 bridgehead atoms. The summed E-state index contributed by atoms with van der Waals surface area (Å²) in [5, 5.41) is 11.2. The van der Waals surface area contributed by atoms with Crippen LogP contribution in [0.3, 0.4) is 0 Å². The molecule has 0 atom stereocenters. The summed E-state index contributed by atoms with van der Waals surface area (Å²) in [5.41, 5.74) is 5.60. The van der Waals surface area contributed by atoms with Crippen molar-refractivity contribution in [1.82, 2.24) is 4.98 Å². The molecule has 0 spiro atoms. The van der Waals surface area contributed by atoms with Crippen LogP contribution in [0.5, 0.6) is 5.88 Å². The fourth-order valence-electron chi connectivity index (χ4n) is 2.02. The summed E-state index contributed by atoms with van der Waals surface area (Å²) < 4.78 is 5.09. The first-order valence-corrected chi connectivity index (χ1v) is 6.99. The van der Waals surface area contributed by atoms with E-state index >= 15 is 0 Å². The normalized spacial score (nSPS) is 11.3. The number of ether oxygens (including phenoxy) is 1. The predicted octanol–water partition coefficient (Wildman–Crippen LogP) is 2.20. The number of hydrogen-bond donors (Lipinski definition) is 1. The van der Waals surface area contributed by atoms with E-state index in [9.17, 15) is 10.1 Å². The lowest BCUT2D eigenvalue weighted by Gasteiger charge is -2.32. The lowest BCUT2D eigenvalue weighted by molar-refractivity contribution is -0.384. The molecule has 7 heteroatoms. The highest BCUT2D eigenvalue weighted by atomic mass is 16.6. The summed E-state index contributed by atoms with van der Waals surface area (Å²) in [6.07, 6.45) is 0.858. The minimum Gasteiger partial charge on any atom is -0.481 e. The zero-order valence-electron chi connectivity index (χ0n) is 13.1. The monoisotopic (exact) mass is 296 g/mol. The van der Waals surface area contributed by atoms with Crippen LogP contribution in [-0.4, -0.2) is 36.7 Å². The first-order valence-electron chi connectivity index (χ1n) is 6.99. The molecule has 1 heterocycles. The number of rotatable bonds is 8. The van der Waals surface area contributed by atoms with Crippen LogP contribution in [0.4, 0.5) is 11.5 Å². The minimum absolute atomic E-state index is 0.0166. The molecule has 0 amide bonds. The van der Waals surface area contributed by atoms with Gasteiger partial charge in [-0.15, -0.1) is 0 Å². The Hall–Kier alpha value is -1.89. The van der Waals surface area contributed by atoms with Crippen molar-refractivity contribution in [3.05, 3.63) is 22.2 Å². The van der Waals surface area contributed by atoms with Crippen molar-refractivity contribution in [3.63, 3.8) is 0 Å². The largest absolute Gasteiger partial charge is 0.481 e. The number of nitrogens with zero attached hydrogens (tertiary/aromatic N) is 3. The summed E-state index contributed by atoms with van der Waals surface area (Å²) in [7, 11) is 1.49. The summed E-state index contributed by atoms with van der Waals surface area (Å²) >= 11 is 0. The molecule has 0 saturated carbocycles. The van der Waals surface area contributed by atoms with Gasteiger partial charge in [0.2, 0.25) is 11.7 Å². The number of hydrogen-bond acceptors (Lipinski definition) is 6. The second-order valence-electron chi connectivity index (χ2n) is 5.74. The van der Waals surface area contributed by atoms with Crippen LogP contribution in [0.25, 0.3) is 0 Å². The second kappa shape index (κ2) is 7.21. The number of pyridine rings is 1. The Labute approximate surface area is 125 Å².